The maximum absolute atomic E-state index is 14.1. The molecule has 2 saturated heterocycles. The minimum atomic E-state index is -0.389. The number of hydrogen-bond acceptors (Lipinski definition) is 13. The van der Waals surface area contributed by atoms with Crippen LogP contribution in [0.25, 0.3) is 11.3 Å². The lowest BCUT2D eigenvalue weighted by atomic mass is 9.87. The van der Waals surface area contributed by atoms with E-state index in [0.717, 1.165) is 56.4 Å². The number of nitrogens with one attached hydrogen (secondary N) is 2. The van der Waals surface area contributed by atoms with Crippen molar-refractivity contribution in [2.45, 2.75) is 57.4 Å². The highest BCUT2D eigenvalue weighted by molar-refractivity contribution is 6.08. The number of hydrogen-bond donors (Lipinski definition) is 2. The lowest BCUT2D eigenvalue weighted by Gasteiger charge is -2.34. The molecule has 0 unspecified atom stereocenters. The molecule has 3 aromatic carbocycles. The van der Waals surface area contributed by atoms with Crippen LogP contribution in [0.3, 0.4) is 0 Å². The van der Waals surface area contributed by atoms with Gasteiger partial charge in [0.1, 0.15) is 0 Å². The third-order valence-electron chi connectivity index (χ3n) is 13.6. The maximum Gasteiger partial charge on any atom is 0.255 e. The quantitative estimate of drug-likeness (QED) is 0.0540. The van der Waals surface area contributed by atoms with Gasteiger partial charge >= 0.3 is 0 Å². The fourth-order valence-electron chi connectivity index (χ4n) is 9.57. The second-order valence-electron chi connectivity index (χ2n) is 18.9. The van der Waals surface area contributed by atoms with E-state index in [1.54, 1.807) is 66.6 Å². The summed E-state index contributed by atoms with van der Waals surface area (Å²) < 4.78 is 38.1. The van der Waals surface area contributed by atoms with Crippen LogP contribution in [-0.2, 0) is 44.4 Å². The van der Waals surface area contributed by atoms with Gasteiger partial charge in [-0.25, -0.2) is 0 Å². The predicted molar refractivity (Wildman–Crippen MR) is 283 cm³/mol. The Kier molecular flexibility index (Phi) is 23.1. The number of methoxy groups -OCH3 is 1. The highest BCUT2D eigenvalue weighted by Gasteiger charge is 2.31. The molecule has 2 N–H and O–H groups in total. The van der Waals surface area contributed by atoms with Crippen molar-refractivity contribution in [3.05, 3.63) is 113 Å². The fourth-order valence-corrected chi connectivity index (χ4v) is 9.57. The molecule has 2 atom stereocenters. The van der Waals surface area contributed by atoms with Gasteiger partial charge in [0.15, 0.2) is 0 Å². The van der Waals surface area contributed by atoms with Gasteiger partial charge in [0.25, 0.3) is 17.7 Å². The molecule has 74 heavy (non-hydrogen) atoms. The fraction of sp³-hybridized carbons (Fsp3) is 0.526. The number of benzene rings is 3. The Hall–Kier alpha value is -5.79. The molecule has 0 saturated carbocycles. The third-order valence-corrected chi connectivity index (χ3v) is 13.6. The van der Waals surface area contributed by atoms with Crippen molar-refractivity contribution in [3.8, 4) is 11.3 Å². The number of carbonyl (C=O) groups is 4. The van der Waals surface area contributed by atoms with E-state index in [-0.39, 0.29) is 42.1 Å². The first kappa shape index (κ1) is 55.9. The molecule has 7 rings (SSSR count). The van der Waals surface area contributed by atoms with Crippen molar-refractivity contribution in [1.82, 2.24) is 20.1 Å². The molecule has 4 amide bonds. The smallest absolute Gasteiger partial charge is 0.255 e. The highest BCUT2D eigenvalue weighted by atomic mass is 16.6. The largest absolute Gasteiger partial charge is 0.382 e. The van der Waals surface area contributed by atoms with E-state index in [4.69, 9.17) is 38.1 Å². The number of pyridine rings is 1. The molecule has 3 heterocycles. The topological polar surface area (TPSA) is 180 Å². The number of nitrogens with zero attached hydrogens (tertiary/aromatic N) is 4. The lowest BCUT2D eigenvalue weighted by molar-refractivity contribution is -0.136. The lowest BCUT2D eigenvalue weighted by Crippen LogP contribution is -2.46. The van der Waals surface area contributed by atoms with Gasteiger partial charge in [0, 0.05) is 81.0 Å². The van der Waals surface area contributed by atoms with Crippen molar-refractivity contribution in [3.63, 3.8) is 0 Å². The van der Waals surface area contributed by atoms with Crippen LogP contribution in [0.15, 0.2) is 85.1 Å². The zero-order valence-corrected chi connectivity index (χ0v) is 43.4. The van der Waals surface area contributed by atoms with Crippen LogP contribution in [0.2, 0.25) is 0 Å². The SMILES string of the molecule is COCCOCCOCCOCCOCCOCCOCCN(C)C(=O)[C@H]1CCCN(C(=O)c2cccc(C(=O)Nc3ccc(N4CCCCC4)cc3-c3cc(C(=O)N[C@H]4CCCc5ccccc54)ccn3)c2)C1. The number of rotatable bonds is 29. The molecule has 0 bridgehead atoms. The van der Waals surface area contributed by atoms with E-state index < -0.39 is 0 Å². The van der Waals surface area contributed by atoms with Gasteiger partial charge in [-0.15, -0.1) is 0 Å². The number of aromatic nitrogens is 1. The molecule has 1 aliphatic carbocycles. The summed E-state index contributed by atoms with van der Waals surface area (Å²) >= 11 is 0. The number of likely N-dealkylation sites (N-methyl/N-ethyl adjacent to an activating group) is 1. The summed E-state index contributed by atoms with van der Waals surface area (Å²) in [6, 6.07) is 24.4. The predicted octanol–water partition coefficient (Wildman–Crippen LogP) is 6.86. The summed E-state index contributed by atoms with van der Waals surface area (Å²) in [5.41, 5.74) is 6.40. The number of amides is 4. The van der Waals surface area contributed by atoms with Gasteiger partial charge in [0.2, 0.25) is 5.91 Å². The molecule has 4 aromatic rings. The third kappa shape index (κ3) is 17.1. The number of aryl methyl sites for hydroxylation is 1. The van der Waals surface area contributed by atoms with Gasteiger partial charge in [-0.2, -0.15) is 0 Å². The second kappa shape index (κ2) is 30.5. The molecule has 17 nitrogen and oxygen atoms in total. The number of likely N-dealkylation sites (tertiary alicyclic amines) is 1. The normalized spacial score (nSPS) is 16.6. The molecule has 17 heteroatoms. The maximum atomic E-state index is 14.1. The van der Waals surface area contributed by atoms with Crippen LogP contribution in [0, 0.1) is 5.92 Å². The molecule has 2 fully saturated rings. The zero-order valence-electron chi connectivity index (χ0n) is 43.4. The van der Waals surface area contributed by atoms with E-state index in [1.165, 1.54) is 12.0 Å². The van der Waals surface area contributed by atoms with Gasteiger partial charge in [0.05, 0.1) is 109 Å². The molecule has 2 aliphatic heterocycles. The summed E-state index contributed by atoms with van der Waals surface area (Å²) in [6.45, 7) is 9.20. The van der Waals surface area contributed by atoms with Crippen molar-refractivity contribution in [1.29, 1.82) is 0 Å². The van der Waals surface area contributed by atoms with Crippen molar-refractivity contribution >= 4 is 35.0 Å². The molecule has 1 aromatic heterocycles. The van der Waals surface area contributed by atoms with Gasteiger partial charge < -0.3 is 58.5 Å². The minimum absolute atomic E-state index is 0.0368. The van der Waals surface area contributed by atoms with Crippen LogP contribution in [-0.4, -0.2) is 171 Å². The number of piperidine rings is 2. The Morgan fingerprint density at radius 3 is 1.99 bits per heavy atom. The van der Waals surface area contributed by atoms with Crippen molar-refractivity contribution < 1.29 is 52.3 Å². The van der Waals surface area contributed by atoms with E-state index in [0.29, 0.717) is 145 Å². The van der Waals surface area contributed by atoms with E-state index in [9.17, 15) is 19.2 Å². The van der Waals surface area contributed by atoms with Gasteiger partial charge in [-0.05, 0) is 111 Å². The first-order chi connectivity index (χ1) is 36.3. The van der Waals surface area contributed by atoms with Crippen LogP contribution < -0.4 is 15.5 Å². The average molecular weight is 1020 g/mol. The first-order valence-corrected chi connectivity index (χ1v) is 26.4. The molecular weight excluding hydrogens is 945 g/mol. The van der Waals surface area contributed by atoms with E-state index >= 15 is 0 Å². The first-order valence-electron chi connectivity index (χ1n) is 26.4. The Morgan fingerprint density at radius 2 is 1.28 bits per heavy atom. The van der Waals surface area contributed by atoms with E-state index in [2.05, 4.69) is 27.7 Å². The van der Waals surface area contributed by atoms with Crippen LogP contribution in [0.1, 0.15) is 93.2 Å². The summed E-state index contributed by atoms with van der Waals surface area (Å²) in [5.74, 6) is -1.19. The summed E-state index contributed by atoms with van der Waals surface area (Å²) in [5, 5.41) is 6.38. The number of anilines is 2. The Bertz CT molecular complexity index is 2400. The summed E-state index contributed by atoms with van der Waals surface area (Å²) in [4.78, 5) is 65.9. The van der Waals surface area contributed by atoms with Crippen LogP contribution >= 0.6 is 0 Å². The monoisotopic (exact) mass is 1020 g/mol. The number of fused-ring (bicyclic) bond motifs is 1. The van der Waals surface area contributed by atoms with Gasteiger partial charge in [-0.3, -0.25) is 24.2 Å². The Labute approximate surface area is 436 Å². The van der Waals surface area contributed by atoms with E-state index in [1.807, 2.05) is 30.3 Å². The number of carbonyl (C=O) groups excluding carboxylic acids is 4. The minimum Gasteiger partial charge on any atom is -0.382 e. The van der Waals surface area contributed by atoms with Gasteiger partial charge in [-0.1, -0.05) is 30.3 Å². The van der Waals surface area contributed by atoms with Crippen LogP contribution in [0.4, 0.5) is 11.4 Å². The molecule has 0 radical (unpaired) electrons. The molecule has 0 spiro atoms. The average Bonchev–Trinajstić information content (AvgIpc) is 3.44. The van der Waals surface area contributed by atoms with Crippen LogP contribution in [0.5, 0.6) is 0 Å². The summed E-state index contributed by atoms with van der Waals surface area (Å²) in [7, 11) is 3.40. The Balaban J connectivity index is 0.856. The highest BCUT2D eigenvalue weighted by Crippen LogP contribution is 2.34. The molecular formula is C57H76N6O11. The Morgan fingerprint density at radius 1 is 0.635 bits per heavy atom. The summed E-state index contributed by atoms with van der Waals surface area (Å²) in [6.07, 6.45) is 9.27. The molecule has 3 aliphatic rings. The second-order valence-corrected chi connectivity index (χ2v) is 18.9. The zero-order chi connectivity index (χ0) is 51.7. The number of ether oxygens (including phenoxy) is 7. The molecule has 400 valence electrons. The standard InChI is InChI=1S/C57H76N6O11/c1-61(25-26-69-29-30-71-33-34-73-37-38-74-36-35-72-32-31-70-28-27-68-2)56(66)47-15-10-24-63(42-47)57(67)46-14-8-13-44(39-46)54(64)60-52-19-18-48(62-22-6-3-7-23-62)41-50(52)53-40-45(20-21-58-53)55(65)59-51-17-9-12-43-11-4-5-16-49(43)51/h4-5,8,11,13-14,16,18-21,39-41,47,51H,3,6-7,9-10,12,15,17,22-38,42H2,1-2H3,(H,59,65)(H,60,64)/t47-,51-/m0/s1. The van der Waals surface area contributed by atoms with Crippen molar-refractivity contribution in [2.75, 3.05) is 143 Å². The van der Waals surface area contributed by atoms with Crippen molar-refractivity contribution in [2.24, 2.45) is 5.92 Å².